The molecule has 8 heteroatoms. The lowest BCUT2D eigenvalue weighted by Gasteiger charge is -2.29. The fourth-order valence-corrected chi connectivity index (χ4v) is 4.38. The van der Waals surface area contributed by atoms with Gasteiger partial charge in [0, 0.05) is 12.2 Å². The van der Waals surface area contributed by atoms with Gasteiger partial charge in [-0.05, 0) is 42.7 Å². The minimum Gasteiger partial charge on any atom is -0.490 e. The maximum atomic E-state index is 13.5. The first kappa shape index (κ1) is 24.1. The van der Waals surface area contributed by atoms with Crippen LogP contribution in [0.4, 0.5) is 5.95 Å². The van der Waals surface area contributed by atoms with Crippen LogP contribution in [0.5, 0.6) is 11.5 Å². The predicted molar refractivity (Wildman–Crippen MR) is 141 cm³/mol. The van der Waals surface area contributed by atoms with E-state index >= 15 is 0 Å². The van der Waals surface area contributed by atoms with Crippen LogP contribution in [0.1, 0.15) is 36.6 Å². The average molecular weight is 496 g/mol. The van der Waals surface area contributed by atoms with Gasteiger partial charge in [0.1, 0.15) is 19.0 Å². The minimum atomic E-state index is -0.489. The van der Waals surface area contributed by atoms with Crippen molar-refractivity contribution in [3.63, 3.8) is 0 Å². The second kappa shape index (κ2) is 11.0. The number of nitrogens with zero attached hydrogens (tertiary/aromatic N) is 3. The number of allylic oxidation sites excluding steroid dienone is 1. The molecule has 0 saturated carbocycles. The third kappa shape index (κ3) is 5.33. The number of carbonyl (C=O) groups excluding carboxylic acids is 1. The van der Waals surface area contributed by atoms with Crippen molar-refractivity contribution in [2.75, 3.05) is 11.9 Å². The molecule has 0 radical (unpaired) electrons. The number of rotatable bonds is 9. The molecule has 0 saturated heterocycles. The number of fused-ring (bicyclic) bond motifs is 1. The van der Waals surface area contributed by atoms with Crippen LogP contribution < -0.4 is 20.1 Å². The molecule has 3 aromatic carbocycles. The summed E-state index contributed by atoms with van der Waals surface area (Å²) in [6, 6.07) is 25.1. The highest BCUT2D eigenvalue weighted by atomic mass is 16.5. The summed E-state index contributed by atoms with van der Waals surface area (Å²) in [5.74, 6) is 1.64. The molecule has 37 heavy (non-hydrogen) atoms. The van der Waals surface area contributed by atoms with E-state index in [1.54, 1.807) is 4.68 Å². The molecule has 2 N–H and O–H groups in total. The van der Waals surface area contributed by atoms with E-state index in [0.717, 1.165) is 22.4 Å². The van der Waals surface area contributed by atoms with Crippen molar-refractivity contribution < 1.29 is 14.3 Å². The molecular formula is C29H29N5O3. The van der Waals surface area contributed by atoms with Crippen LogP contribution in [-0.2, 0) is 17.9 Å². The van der Waals surface area contributed by atoms with E-state index in [1.807, 2.05) is 92.7 Å². The van der Waals surface area contributed by atoms with Gasteiger partial charge >= 0.3 is 0 Å². The first-order valence-electron chi connectivity index (χ1n) is 12.3. The third-order valence-corrected chi connectivity index (χ3v) is 6.16. The average Bonchev–Trinajstić information content (AvgIpc) is 3.39. The molecule has 1 amide bonds. The SMILES string of the molecule is CCOc1cc(C2C(C(=O)NCc3ccccc3)=C(C)Nc3ncnn32)ccc1OCc1ccccc1. The normalized spacial score (nSPS) is 14.5. The van der Waals surface area contributed by atoms with Gasteiger partial charge in [-0.25, -0.2) is 4.68 Å². The number of aromatic nitrogens is 3. The Hall–Kier alpha value is -4.59. The number of benzene rings is 3. The second-order valence-corrected chi connectivity index (χ2v) is 8.68. The molecule has 0 aliphatic carbocycles. The van der Waals surface area contributed by atoms with Crippen LogP contribution >= 0.6 is 0 Å². The molecule has 0 bridgehead atoms. The van der Waals surface area contributed by atoms with Gasteiger partial charge in [-0.3, -0.25) is 4.79 Å². The Morgan fingerprint density at radius 3 is 2.43 bits per heavy atom. The van der Waals surface area contributed by atoms with Gasteiger partial charge in [-0.15, -0.1) is 0 Å². The van der Waals surface area contributed by atoms with Crippen molar-refractivity contribution >= 4 is 11.9 Å². The predicted octanol–water partition coefficient (Wildman–Crippen LogP) is 4.86. The molecule has 4 aromatic rings. The number of amides is 1. The standard InChI is InChI=1S/C29H29N5O3/c1-3-36-25-16-23(14-15-24(25)37-18-22-12-8-5-9-13-22)27-26(20(2)33-29-31-19-32-34(27)29)28(35)30-17-21-10-6-4-7-11-21/h4-16,19,27H,3,17-18H2,1-2H3,(H,30,35)(H,31,32,33). The Kier molecular flexibility index (Phi) is 7.16. The number of hydrogen-bond donors (Lipinski definition) is 2. The van der Waals surface area contributed by atoms with Crippen LogP contribution in [0, 0.1) is 0 Å². The van der Waals surface area contributed by atoms with Crippen LogP contribution in [-0.4, -0.2) is 27.3 Å². The number of anilines is 1. The van der Waals surface area contributed by atoms with Gasteiger partial charge in [0.15, 0.2) is 11.5 Å². The van der Waals surface area contributed by atoms with Gasteiger partial charge < -0.3 is 20.1 Å². The van der Waals surface area contributed by atoms with Gasteiger partial charge in [0.2, 0.25) is 5.95 Å². The highest BCUT2D eigenvalue weighted by Crippen LogP contribution is 2.38. The molecule has 1 aliphatic heterocycles. The molecule has 0 fully saturated rings. The van der Waals surface area contributed by atoms with Gasteiger partial charge in [0.25, 0.3) is 5.91 Å². The molecule has 1 aromatic heterocycles. The zero-order valence-corrected chi connectivity index (χ0v) is 20.8. The summed E-state index contributed by atoms with van der Waals surface area (Å²) in [5.41, 5.74) is 4.21. The Morgan fingerprint density at radius 2 is 1.70 bits per heavy atom. The van der Waals surface area contributed by atoms with Crippen LogP contribution in [0.25, 0.3) is 0 Å². The molecule has 1 aliphatic rings. The third-order valence-electron chi connectivity index (χ3n) is 6.16. The summed E-state index contributed by atoms with van der Waals surface area (Å²) in [5, 5.41) is 10.7. The monoisotopic (exact) mass is 495 g/mol. The van der Waals surface area contributed by atoms with E-state index in [1.165, 1.54) is 6.33 Å². The van der Waals surface area contributed by atoms with E-state index in [9.17, 15) is 4.79 Å². The van der Waals surface area contributed by atoms with E-state index in [2.05, 4.69) is 20.7 Å². The van der Waals surface area contributed by atoms with Crippen molar-refractivity contribution in [3.05, 3.63) is 113 Å². The van der Waals surface area contributed by atoms with Crippen LogP contribution in [0.15, 0.2) is 96.5 Å². The molecule has 0 spiro atoms. The van der Waals surface area contributed by atoms with Crippen molar-refractivity contribution in [2.24, 2.45) is 0 Å². The summed E-state index contributed by atoms with van der Waals surface area (Å²) in [6.45, 7) is 5.13. The van der Waals surface area contributed by atoms with Crippen LogP contribution in [0.2, 0.25) is 0 Å². The van der Waals surface area contributed by atoms with Crippen LogP contribution in [0.3, 0.4) is 0 Å². The van der Waals surface area contributed by atoms with Gasteiger partial charge in [0.05, 0.1) is 12.2 Å². The lowest BCUT2D eigenvalue weighted by atomic mass is 9.94. The molecule has 8 nitrogen and oxygen atoms in total. The number of ether oxygens (including phenoxy) is 2. The fraction of sp³-hybridized carbons (Fsp3) is 0.207. The molecule has 2 heterocycles. The Balaban J connectivity index is 1.45. The highest BCUT2D eigenvalue weighted by molar-refractivity contribution is 5.96. The quantitative estimate of drug-likeness (QED) is 0.345. The highest BCUT2D eigenvalue weighted by Gasteiger charge is 2.33. The van der Waals surface area contributed by atoms with Crippen molar-refractivity contribution in [2.45, 2.75) is 33.0 Å². The summed E-state index contributed by atoms with van der Waals surface area (Å²) < 4.78 is 13.8. The number of nitrogens with one attached hydrogen (secondary N) is 2. The summed E-state index contributed by atoms with van der Waals surface area (Å²) in [4.78, 5) is 17.8. The molecular weight excluding hydrogens is 466 g/mol. The van der Waals surface area contributed by atoms with E-state index in [4.69, 9.17) is 9.47 Å². The van der Waals surface area contributed by atoms with Crippen molar-refractivity contribution in [1.82, 2.24) is 20.1 Å². The Labute approximate surface area is 216 Å². The lowest BCUT2D eigenvalue weighted by molar-refractivity contribution is -0.118. The summed E-state index contributed by atoms with van der Waals surface area (Å²) in [6.07, 6.45) is 1.48. The molecule has 1 atom stereocenters. The maximum absolute atomic E-state index is 13.5. The molecule has 1 unspecified atom stereocenters. The number of carbonyl (C=O) groups is 1. The largest absolute Gasteiger partial charge is 0.490 e. The van der Waals surface area contributed by atoms with Crippen molar-refractivity contribution in [3.8, 4) is 11.5 Å². The maximum Gasteiger partial charge on any atom is 0.251 e. The smallest absolute Gasteiger partial charge is 0.251 e. The second-order valence-electron chi connectivity index (χ2n) is 8.68. The lowest BCUT2D eigenvalue weighted by Crippen LogP contribution is -2.34. The first-order chi connectivity index (χ1) is 18.1. The molecule has 5 rings (SSSR count). The number of hydrogen-bond acceptors (Lipinski definition) is 6. The zero-order valence-electron chi connectivity index (χ0n) is 20.8. The fourth-order valence-electron chi connectivity index (χ4n) is 4.38. The first-order valence-corrected chi connectivity index (χ1v) is 12.3. The van der Waals surface area contributed by atoms with E-state index in [-0.39, 0.29) is 5.91 Å². The van der Waals surface area contributed by atoms with Gasteiger partial charge in [-0.2, -0.15) is 10.1 Å². The zero-order chi connectivity index (χ0) is 25.6. The minimum absolute atomic E-state index is 0.178. The summed E-state index contributed by atoms with van der Waals surface area (Å²) >= 11 is 0. The van der Waals surface area contributed by atoms with Gasteiger partial charge in [-0.1, -0.05) is 66.7 Å². The van der Waals surface area contributed by atoms with E-state index < -0.39 is 6.04 Å². The summed E-state index contributed by atoms with van der Waals surface area (Å²) in [7, 11) is 0. The Morgan fingerprint density at radius 1 is 0.973 bits per heavy atom. The molecule has 188 valence electrons. The Bertz CT molecular complexity index is 1400. The topological polar surface area (TPSA) is 90.3 Å². The van der Waals surface area contributed by atoms with E-state index in [0.29, 0.717) is 42.8 Å². The van der Waals surface area contributed by atoms with Crippen molar-refractivity contribution in [1.29, 1.82) is 0 Å².